The quantitative estimate of drug-likeness (QED) is 0.167. The lowest BCUT2D eigenvalue weighted by molar-refractivity contribution is 0.623. The molecule has 0 radical (unpaired) electrons. The van der Waals surface area contributed by atoms with Gasteiger partial charge in [-0.2, -0.15) is 0 Å². The van der Waals surface area contributed by atoms with Crippen LogP contribution in [0.15, 0.2) is 186 Å². The second-order valence-corrected chi connectivity index (χ2v) is 13.8. The molecule has 11 aromatic rings. The fraction of sp³-hybridized carbons (Fsp3) is 0. The fourth-order valence-electron chi connectivity index (χ4n) is 7.80. The van der Waals surface area contributed by atoms with Crippen LogP contribution >= 0.6 is 0 Å². The Bertz CT molecular complexity index is 3250. The van der Waals surface area contributed by atoms with E-state index in [9.17, 15) is 0 Å². The van der Waals surface area contributed by atoms with E-state index < -0.39 is 0 Å². The summed E-state index contributed by atoms with van der Waals surface area (Å²) in [4.78, 5) is 20.3. The predicted molar refractivity (Wildman–Crippen MR) is 225 cm³/mol. The summed E-state index contributed by atoms with van der Waals surface area (Å²) in [5.41, 5.74) is 7.65. The molecule has 256 valence electrons. The van der Waals surface area contributed by atoms with Crippen molar-refractivity contribution in [2.24, 2.45) is 0 Å². The first-order chi connectivity index (χ1) is 27.2. The summed E-state index contributed by atoms with van der Waals surface area (Å²) in [7, 11) is 0. The zero-order valence-corrected chi connectivity index (χ0v) is 29.5. The van der Waals surface area contributed by atoms with Gasteiger partial charge in [0.25, 0.3) is 0 Å². The molecule has 2 heterocycles. The molecular formula is C50H30N4O. The standard InChI is InChI=1S/C50H30N4O/c1-3-10-31(11-4-1)33-18-23-37(24-19-33)50-51-43-29-27-35-22-21-34-26-28-40-41(44(34)45(35)46(43)55-50)16-9-17-42(40)49-53-47(36-13-5-2-6-14-36)52-48(54-49)39-25-20-32-12-7-8-15-38(32)30-39/h1-30H. The maximum atomic E-state index is 6.70. The Balaban J connectivity index is 1.10. The van der Waals surface area contributed by atoms with E-state index in [1.807, 2.05) is 36.4 Å². The van der Waals surface area contributed by atoms with Gasteiger partial charge in [-0.3, -0.25) is 0 Å². The number of oxazole rings is 1. The summed E-state index contributed by atoms with van der Waals surface area (Å²) in [5.74, 6) is 2.48. The van der Waals surface area contributed by atoms with Gasteiger partial charge in [0.2, 0.25) is 5.89 Å². The van der Waals surface area contributed by atoms with Crippen LogP contribution in [0.5, 0.6) is 0 Å². The minimum absolute atomic E-state index is 0.597. The van der Waals surface area contributed by atoms with Crippen molar-refractivity contribution in [1.29, 1.82) is 0 Å². The number of fused-ring (bicyclic) bond motifs is 8. The maximum absolute atomic E-state index is 6.70. The van der Waals surface area contributed by atoms with Crippen LogP contribution in [0, 0.1) is 0 Å². The van der Waals surface area contributed by atoms with E-state index in [1.54, 1.807) is 0 Å². The van der Waals surface area contributed by atoms with Gasteiger partial charge in [-0.05, 0) is 67.7 Å². The smallest absolute Gasteiger partial charge is 0.227 e. The Hall–Kier alpha value is -7.50. The highest BCUT2D eigenvalue weighted by molar-refractivity contribution is 6.27. The number of hydrogen-bond donors (Lipinski definition) is 0. The van der Waals surface area contributed by atoms with E-state index in [1.165, 1.54) is 10.9 Å². The third-order valence-corrected chi connectivity index (χ3v) is 10.5. The zero-order chi connectivity index (χ0) is 36.3. The lowest BCUT2D eigenvalue weighted by Gasteiger charge is -2.13. The molecule has 55 heavy (non-hydrogen) atoms. The predicted octanol–water partition coefficient (Wildman–Crippen LogP) is 13.0. The van der Waals surface area contributed by atoms with Gasteiger partial charge in [-0.25, -0.2) is 19.9 Å². The Kier molecular flexibility index (Phi) is 7.10. The van der Waals surface area contributed by atoms with Gasteiger partial charge in [0.1, 0.15) is 5.52 Å². The zero-order valence-electron chi connectivity index (χ0n) is 29.5. The van der Waals surface area contributed by atoms with E-state index in [0.29, 0.717) is 23.4 Å². The highest BCUT2D eigenvalue weighted by atomic mass is 16.3. The van der Waals surface area contributed by atoms with Gasteiger partial charge in [-0.1, -0.05) is 158 Å². The molecule has 2 aromatic heterocycles. The third kappa shape index (κ3) is 5.33. The minimum atomic E-state index is 0.597. The monoisotopic (exact) mass is 702 g/mol. The minimum Gasteiger partial charge on any atom is -0.435 e. The van der Waals surface area contributed by atoms with Crippen molar-refractivity contribution < 1.29 is 4.42 Å². The summed E-state index contributed by atoms with van der Waals surface area (Å²) in [5, 5.41) is 8.80. The van der Waals surface area contributed by atoms with Crippen LogP contribution in [0.4, 0.5) is 0 Å². The van der Waals surface area contributed by atoms with Crippen molar-refractivity contribution in [2.75, 3.05) is 0 Å². The summed E-state index contributed by atoms with van der Waals surface area (Å²) >= 11 is 0. The molecular weight excluding hydrogens is 673 g/mol. The summed E-state index contributed by atoms with van der Waals surface area (Å²) in [6, 6.07) is 62.9. The average Bonchev–Trinajstić information content (AvgIpc) is 3.71. The molecule has 0 N–H and O–H groups in total. The van der Waals surface area contributed by atoms with Crippen molar-refractivity contribution in [3.8, 4) is 56.7 Å². The molecule has 5 heteroatoms. The molecule has 11 rings (SSSR count). The second-order valence-electron chi connectivity index (χ2n) is 13.8. The van der Waals surface area contributed by atoms with Gasteiger partial charge >= 0.3 is 0 Å². The van der Waals surface area contributed by atoms with Crippen molar-refractivity contribution >= 4 is 54.2 Å². The van der Waals surface area contributed by atoms with E-state index in [-0.39, 0.29) is 0 Å². The fourth-order valence-corrected chi connectivity index (χ4v) is 7.80. The van der Waals surface area contributed by atoms with Gasteiger partial charge in [0.05, 0.1) is 0 Å². The number of nitrogens with zero attached hydrogens (tertiary/aromatic N) is 4. The Morgan fingerprint density at radius 1 is 0.327 bits per heavy atom. The molecule has 0 fully saturated rings. The first-order valence-corrected chi connectivity index (χ1v) is 18.4. The van der Waals surface area contributed by atoms with E-state index in [4.69, 9.17) is 24.4 Å². The maximum Gasteiger partial charge on any atom is 0.227 e. The molecule has 0 saturated heterocycles. The molecule has 0 amide bonds. The van der Waals surface area contributed by atoms with Crippen LogP contribution in [-0.4, -0.2) is 19.9 Å². The van der Waals surface area contributed by atoms with Crippen LogP contribution in [0.1, 0.15) is 0 Å². The van der Waals surface area contributed by atoms with E-state index in [2.05, 4.69) is 146 Å². The van der Waals surface area contributed by atoms with Gasteiger partial charge < -0.3 is 4.42 Å². The van der Waals surface area contributed by atoms with Crippen molar-refractivity contribution in [3.63, 3.8) is 0 Å². The Morgan fingerprint density at radius 3 is 1.71 bits per heavy atom. The summed E-state index contributed by atoms with van der Waals surface area (Å²) < 4.78 is 6.70. The molecule has 0 aliphatic heterocycles. The molecule has 9 aromatic carbocycles. The second kappa shape index (κ2) is 12.6. The SMILES string of the molecule is c1ccc(-c2ccc(-c3nc4ccc5ccc6ccc7c(-c8nc(-c9ccccc9)nc(-c9ccc%10ccccc%10c9)n8)cccc7c6c5c4o3)cc2)cc1. The molecule has 5 nitrogen and oxygen atoms in total. The molecule has 0 bridgehead atoms. The highest BCUT2D eigenvalue weighted by Crippen LogP contribution is 2.40. The topological polar surface area (TPSA) is 64.7 Å². The van der Waals surface area contributed by atoms with Gasteiger partial charge in [-0.15, -0.1) is 0 Å². The van der Waals surface area contributed by atoms with E-state index in [0.717, 1.165) is 76.6 Å². The number of rotatable bonds is 5. The molecule has 0 saturated carbocycles. The summed E-state index contributed by atoms with van der Waals surface area (Å²) in [6.45, 7) is 0. The van der Waals surface area contributed by atoms with Crippen molar-refractivity contribution in [3.05, 3.63) is 182 Å². The molecule has 0 spiro atoms. The van der Waals surface area contributed by atoms with Crippen molar-refractivity contribution in [2.45, 2.75) is 0 Å². The first kappa shape index (κ1) is 31.1. The largest absolute Gasteiger partial charge is 0.435 e. The number of benzene rings is 9. The van der Waals surface area contributed by atoms with Gasteiger partial charge in [0, 0.05) is 33.0 Å². The normalized spacial score (nSPS) is 11.6. The number of aromatic nitrogens is 4. The van der Waals surface area contributed by atoms with Crippen LogP contribution in [-0.2, 0) is 0 Å². The van der Waals surface area contributed by atoms with Gasteiger partial charge in [0.15, 0.2) is 23.1 Å². The average molecular weight is 703 g/mol. The van der Waals surface area contributed by atoms with Crippen LogP contribution in [0.3, 0.4) is 0 Å². The molecule has 0 aliphatic rings. The third-order valence-electron chi connectivity index (χ3n) is 10.5. The van der Waals surface area contributed by atoms with Crippen LogP contribution < -0.4 is 0 Å². The highest BCUT2D eigenvalue weighted by Gasteiger charge is 2.19. The molecule has 0 atom stereocenters. The molecule has 0 aliphatic carbocycles. The van der Waals surface area contributed by atoms with Crippen molar-refractivity contribution in [1.82, 2.24) is 19.9 Å². The van der Waals surface area contributed by atoms with Crippen LogP contribution in [0.25, 0.3) is 111 Å². The Morgan fingerprint density at radius 2 is 0.909 bits per heavy atom. The lowest BCUT2D eigenvalue weighted by atomic mass is 9.93. The Labute approximate surface area is 316 Å². The number of hydrogen-bond acceptors (Lipinski definition) is 5. The lowest BCUT2D eigenvalue weighted by Crippen LogP contribution is -2.00. The molecule has 0 unspecified atom stereocenters. The first-order valence-electron chi connectivity index (χ1n) is 18.4. The van der Waals surface area contributed by atoms with E-state index >= 15 is 0 Å². The summed E-state index contributed by atoms with van der Waals surface area (Å²) in [6.07, 6.45) is 0. The van der Waals surface area contributed by atoms with Crippen LogP contribution in [0.2, 0.25) is 0 Å².